The quantitative estimate of drug-likeness (QED) is 0.373. The number of carbonyl (C=O) groups is 1. The summed E-state index contributed by atoms with van der Waals surface area (Å²) < 4.78 is 24.4. The molecule has 0 bridgehead atoms. The first-order chi connectivity index (χ1) is 17.9. The molecule has 1 N–H and O–H groups in total. The Balaban J connectivity index is 1.19. The summed E-state index contributed by atoms with van der Waals surface area (Å²) in [7, 11) is 1.76. The van der Waals surface area contributed by atoms with Crippen molar-refractivity contribution in [2.24, 2.45) is 13.0 Å². The number of likely N-dealkylation sites (tertiary alicyclic amines) is 1. The number of anilines is 1. The van der Waals surface area contributed by atoms with E-state index >= 15 is 4.39 Å². The zero-order chi connectivity index (χ0) is 25.7. The van der Waals surface area contributed by atoms with E-state index in [1.54, 1.807) is 42.3 Å². The molecule has 4 aromatic rings. The molecule has 5 heterocycles. The Hall–Kier alpha value is -3.50. The highest BCUT2D eigenvalue weighted by molar-refractivity contribution is 6.30. The highest BCUT2D eigenvalue weighted by Crippen LogP contribution is 2.47. The van der Waals surface area contributed by atoms with Gasteiger partial charge in [-0.3, -0.25) is 19.4 Å². The summed E-state index contributed by atoms with van der Waals surface area (Å²) in [5, 5.41) is 12.1. The monoisotopic (exact) mass is 523 g/mol. The largest absolute Gasteiger partial charge is 0.488 e. The summed E-state index contributed by atoms with van der Waals surface area (Å²) in [5.41, 5.74) is 2.41. The molecule has 2 aliphatic rings. The fourth-order valence-electron chi connectivity index (χ4n) is 5.01. The van der Waals surface area contributed by atoms with Crippen LogP contribution in [-0.2, 0) is 11.8 Å². The Morgan fingerprint density at radius 2 is 2.16 bits per heavy atom. The van der Waals surface area contributed by atoms with Gasteiger partial charge in [-0.25, -0.2) is 8.91 Å². The average molecular weight is 524 g/mol. The van der Waals surface area contributed by atoms with Crippen molar-refractivity contribution in [1.29, 1.82) is 0 Å². The minimum Gasteiger partial charge on any atom is -0.488 e. The third kappa shape index (κ3) is 4.55. The van der Waals surface area contributed by atoms with Crippen LogP contribution in [0, 0.1) is 11.7 Å². The molecule has 9 nitrogen and oxygen atoms in total. The van der Waals surface area contributed by atoms with Crippen molar-refractivity contribution in [1.82, 2.24) is 29.3 Å². The average Bonchev–Trinajstić information content (AvgIpc) is 3.45. The van der Waals surface area contributed by atoms with Crippen molar-refractivity contribution in [2.45, 2.75) is 31.7 Å². The second-order valence-corrected chi connectivity index (χ2v) is 10.1. The lowest BCUT2D eigenvalue weighted by Gasteiger charge is -2.39. The predicted octanol–water partition coefficient (Wildman–Crippen LogP) is 4.14. The molecule has 1 aliphatic heterocycles. The third-order valence-corrected chi connectivity index (χ3v) is 7.55. The van der Waals surface area contributed by atoms with E-state index in [1.165, 1.54) is 10.7 Å². The topological polar surface area (TPSA) is 89.6 Å². The maximum absolute atomic E-state index is 15.2. The summed E-state index contributed by atoms with van der Waals surface area (Å²) in [5.74, 6) is 0.187. The number of aryl methyl sites for hydroxylation is 1. The molecule has 192 valence electrons. The normalized spacial score (nSPS) is 21.1. The van der Waals surface area contributed by atoms with Crippen LogP contribution in [0.15, 0.2) is 42.9 Å². The van der Waals surface area contributed by atoms with Gasteiger partial charge in [-0.1, -0.05) is 18.5 Å². The molecule has 1 saturated heterocycles. The molecule has 37 heavy (non-hydrogen) atoms. The number of likely N-dealkylation sites (N-methyl/N-ethyl adjacent to an activating group) is 1. The van der Waals surface area contributed by atoms with Gasteiger partial charge in [0.25, 0.3) is 0 Å². The van der Waals surface area contributed by atoms with Gasteiger partial charge in [-0.05, 0) is 37.6 Å². The summed E-state index contributed by atoms with van der Waals surface area (Å²) in [6.45, 7) is 4.73. The lowest BCUT2D eigenvalue weighted by Crippen LogP contribution is -2.50. The van der Waals surface area contributed by atoms with Crippen LogP contribution in [0.2, 0.25) is 5.02 Å². The van der Waals surface area contributed by atoms with Crippen molar-refractivity contribution in [2.75, 3.05) is 25.0 Å². The number of rotatable bonds is 8. The number of halogens is 2. The number of carbonyl (C=O) groups excluding carboxylic acids is 1. The van der Waals surface area contributed by atoms with E-state index in [1.807, 2.05) is 6.07 Å². The molecule has 1 saturated carbocycles. The van der Waals surface area contributed by atoms with Gasteiger partial charge in [0.15, 0.2) is 17.4 Å². The predicted molar refractivity (Wildman–Crippen MR) is 137 cm³/mol. The van der Waals surface area contributed by atoms with E-state index in [2.05, 4.69) is 32.3 Å². The Bertz CT molecular complexity index is 1470. The summed E-state index contributed by atoms with van der Waals surface area (Å²) in [6, 6.07) is 7.41. The van der Waals surface area contributed by atoms with Gasteiger partial charge >= 0.3 is 0 Å². The zero-order valence-corrected chi connectivity index (χ0v) is 21.3. The molecule has 0 unspecified atom stereocenters. The maximum Gasteiger partial charge on any atom is 0.229 e. The molecule has 11 heteroatoms. The van der Waals surface area contributed by atoms with Crippen LogP contribution in [0.1, 0.15) is 31.4 Å². The fraction of sp³-hybridized carbons (Fsp3) is 0.385. The highest BCUT2D eigenvalue weighted by Gasteiger charge is 2.45. The summed E-state index contributed by atoms with van der Waals surface area (Å²) in [4.78, 5) is 19.5. The lowest BCUT2D eigenvalue weighted by atomic mass is 10.0. The summed E-state index contributed by atoms with van der Waals surface area (Å²) in [6.07, 6.45) is 6.32. The number of hydrogen-bond acceptors (Lipinski definition) is 6. The minimum absolute atomic E-state index is 0.0611. The van der Waals surface area contributed by atoms with E-state index in [4.69, 9.17) is 16.3 Å². The molecule has 0 radical (unpaired) electrons. The van der Waals surface area contributed by atoms with E-state index < -0.39 is 5.82 Å². The van der Waals surface area contributed by atoms with E-state index in [0.717, 1.165) is 25.2 Å². The lowest BCUT2D eigenvalue weighted by molar-refractivity contribution is -0.117. The van der Waals surface area contributed by atoms with Gasteiger partial charge in [0.2, 0.25) is 5.91 Å². The highest BCUT2D eigenvalue weighted by atomic mass is 35.5. The van der Waals surface area contributed by atoms with Crippen LogP contribution in [0.5, 0.6) is 5.75 Å². The number of hydrogen-bond donors (Lipinski definition) is 1. The van der Waals surface area contributed by atoms with Gasteiger partial charge in [0.1, 0.15) is 12.3 Å². The molecule has 4 aromatic heterocycles. The van der Waals surface area contributed by atoms with Gasteiger partial charge in [0, 0.05) is 55.0 Å². The second kappa shape index (κ2) is 9.42. The fourth-order valence-corrected chi connectivity index (χ4v) is 5.12. The number of aromatic nitrogens is 5. The van der Waals surface area contributed by atoms with Crippen molar-refractivity contribution >= 4 is 28.8 Å². The Morgan fingerprint density at radius 3 is 2.89 bits per heavy atom. The molecule has 1 amide bonds. The zero-order valence-electron chi connectivity index (χ0n) is 20.6. The number of nitrogens with one attached hydrogen (secondary N) is 1. The van der Waals surface area contributed by atoms with Crippen molar-refractivity contribution in [3.05, 3.63) is 59.4 Å². The van der Waals surface area contributed by atoms with Crippen molar-refractivity contribution in [3.8, 4) is 17.0 Å². The number of ether oxygens (including phenoxy) is 1. The van der Waals surface area contributed by atoms with Crippen LogP contribution < -0.4 is 10.1 Å². The number of pyridine rings is 2. The van der Waals surface area contributed by atoms with Crippen LogP contribution >= 0.6 is 11.6 Å². The van der Waals surface area contributed by atoms with Gasteiger partial charge < -0.3 is 10.1 Å². The van der Waals surface area contributed by atoms with Crippen LogP contribution in [0.3, 0.4) is 0 Å². The molecule has 2 fully saturated rings. The van der Waals surface area contributed by atoms with Crippen LogP contribution in [0.4, 0.5) is 10.2 Å². The van der Waals surface area contributed by atoms with E-state index in [9.17, 15) is 4.79 Å². The molecule has 1 aliphatic carbocycles. The Morgan fingerprint density at radius 1 is 1.30 bits per heavy atom. The summed E-state index contributed by atoms with van der Waals surface area (Å²) >= 11 is 5.91. The standard InChI is InChI=1S/C26H27ClFN7O2/c1-3-34-7-6-16(34)14-37-23-12-30-33(2)25(23)20-8-17-9-24(32-35(17)13-21(20)28)31-26(36)19-10-18(19)22-5-4-15(27)11-29-22/h4-5,8-9,11-13,16,18-19H,3,6-7,10,14H2,1-2H3,(H,31,32,36)/t16-,18+,19-/m1/s1. The van der Waals surface area contributed by atoms with E-state index in [-0.39, 0.29) is 17.7 Å². The molecule has 0 aromatic carbocycles. The number of amides is 1. The maximum atomic E-state index is 15.2. The van der Waals surface area contributed by atoms with Crippen molar-refractivity contribution in [3.63, 3.8) is 0 Å². The molecule has 3 atom stereocenters. The van der Waals surface area contributed by atoms with Gasteiger partial charge in [-0.15, -0.1) is 5.10 Å². The SMILES string of the molecule is CCN1CC[C@@H]1COc1cnn(C)c1-c1cc2cc(NC(=O)[C@@H]3C[C@@H]3c3ccc(Cl)cn3)nn2cc1F. The van der Waals surface area contributed by atoms with E-state index in [0.29, 0.717) is 52.4 Å². The van der Waals surface area contributed by atoms with Gasteiger partial charge in [0.05, 0.1) is 22.9 Å². The molecular weight excluding hydrogens is 497 g/mol. The molecule has 0 spiro atoms. The Labute approximate surface area is 218 Å². The molecular formula is C26H27ClFN7O2. The molecule has 6 rings (SSSR count). The minimum atomic E-state index is -0.461. The number of fused-ring (bicyclic) bond motifs is 1. The smallest absolute Gasteiger partial charge is 0.229 e. The third-order valence-electron chi connectivity index (χ3n) is 7.32. The van der Waals surface area contributed by atoms with Crippen molar-refractivity contribution < 1.29 is 13.9 Å². The first-order valence-electron chi connectivity index (χ1n) is 12.4. The first-order valence-corrected chi connectivity index (χ1v) is 12.8. The Kier molecular flexibility index (Phi) is 6.08. The van der Waals surface area contributed by atoms with Gasteiger partial charge in [-0.2, -0.15) is 5.10 Å². The first kappa shape index (κ1) is 23.9. The number of nitrogens with zero attached hydrogens (tertiary/aromatic N) is 6. The van der Waals surface area contributed by atoms with Crippen LogP contribution in [-0.4, -0.2) is 60.9 Å². The van der Waals surface area contributed by atoms with Crippen LogP contribution in [0.25, 0.3) is 16.8 Å². The second-order valence-electron chi connectivity index (χ2n) is 9.64.